The number of benzene rings is 1. The summed E-state index contributed by atoms with van der Waals surface area (Å²) in [5, 5.41) is 7.60. The predicted molar refractivity (Wildman–Crippen MR) is 119 cm³/mol. The summed E-state index contributed by atoms with van der Waals surface area (Å²) >= 11 is 0. The van der Waals surface area contributed by atoms with E-state index in [9.17, 15) is 4.39 Å². The Hall–Kier alpha value is -1.35. The quantitative estimate of drug-likeness (QED) is 0.296. The fraction of sp³-hybridized carbons (Fsp3) is 0.526. The molecule has 1 aromatic heterocycles. The van der Waals surface area contributed by atoms with Crippen LogP contribution in [-0.2, 0) is 6.42 Å². The van der Waals surface area contributed by atoms with Crippen LogP contribution in [0.25, 0.3) is 10.9 Å². The smallest absolute Gasteiger partial charge is 0.191 e. The van der Waals surface area contributed by atoms with Crippen molar-refractivity contribution in [3.8, 4) is 0 Å². The van der Waals surface area contributed by atoms with Crippen LogP contribution in [0.15, 0.2) is 29.4 Å². The van der Waals surface area contributed by atoms with Crippen LogP contribution in [0, 0.1) is 5.82 Å². The molecular weight excluding hydrogens is 444 g/mol. The average Bonchev–Trinajstić information content (AvgIpc) is 3.00. The summed E-state index contributed by atoms with van der Waals surface area (Å²) in [5.41, 5.74) is 2.07. The lowest BCUT2D eigenvalue weighted by Gasteiger charge is -2.17. The summed E-state index contributed by atoms with van der Waals surface area (Å²) in [7, 11) is 3.92. The van der Waals surface area contributed by atoms with Crippen LogP contribution < -0.4 is 10.6 Å². The Balaban J connectivity index is 0.00000338. The molecule has 26 heavy (non-hydrogen) atoms. The topological polar surface area (TPSA) is 55.4 Å². The molecule has 0 unspecified atom stereocenters. The Morgan fingerprint density at radius 1 is 1.23 bits per heavy atom. The van der Waals surface area contributed by atoms with Gasteiger partial charge in [0.2, 0.25) is 0 Å². The van der Waals surface area contributed by atoms with Gasteiger partial charge in [-0.25, -0.2) is 4.39 Å². The van der Waals surface area contributed by atoms with Gasteiger partial charge in [0.15, 0.2) is 5.96 Å². The van der Waals surface area contributed by atoms with E-state index in [0.29, 0.717) is 0 Å². The molecule has 1 aromatic carbocycles. The maximum atomic E-state index is 13.4. The molecule has 0 spiro atoms. The Morgan fingerprint density at radius 3 is 2.73 bits per heavy atom. The second kappa shape index (κ2) is 12.1. The normalized spacial score (nSPS) is 11.7. The van der Waals surface area contributed by atoms with Crippen LogP contribution in [0.5, 0.6) is 0 Å². The van der Waals surface area contributed by atoms with Gasteiger partial charge in [0.25, 0.3) is 0 Å². The van der Waals surface area contributed by atoms with Crippen molar-refractivity contribution in [2.45, 2.75) is 26.2 Å². The zero-order chi connectivity index (χ0) is 18.1. The van der Waals surface area contributed by atoms with E-state index < -0.39 is 0 Å². The Kier molecular flexibility index (Phi) is 10.6. The largest absolute Gasteiger partial charge is 0.361 e. The molecule has 1 heterocycles. The second-order valence-corrected chi connectivity index (χ2v) is 6.34. The molecule has 0 atom stereocenters. The number of unbranched alkanes of at least 4 members (excludes halogenated alkanes) is 1. The molecule has 3 N–H and O–H groups in total. The van der Waals surface area contributed by atoms with Crippen molar-refractivity contribution in [2.75, 3.05) is 40.3 Å². The fourth-order valence-electron chi connectivity index (χ4n) is 2.80. The number of hydrogen-bond donors (Lipinski definition) is 3. The lowest BCUT2D eigenvalue weighted by Crippen LogP contribution is -2.41. The van der Waals surface area contributed by atoms with E-state index in [1.807, 2.05) is 6.20 Å². The van der Waals surface area contributed by atoms with Crippen LogP contribution in [0.4, 0.5) is 4.39 Å². The minimum absolute atomic E-state index is 0. The first-order valence-electron chi connectivity index (χ1n) is 9.02. The highest BCUT2D eigenvalue weighted by Crippen LogP contribution is 2.19. The van der Waals surface area contributed by atoms with Crippen molar-refractivity contribution in [1.82, 2.24) is 20.5 Å². The second-order valence-electron chi connectivity index (χ2n) is 6.34. The van der Waals surface area contributed by atoms with Gasteiger partial charge in [-0.1, -0.05) is 13.3 Å². The van der Waals surface area contributed by atoms with Crippen molar-refractivity contribution in [2.24, 2.45) is 4.99 Å². The van der Waals surface area contributed by atoms with Gasteiger partial charge in [-0.2, -0.15) is 0 Å². The van der Waals surface area contributed by atoms with Gasteiger partial charge >= 0.3 is 0 Å². The van der Waals surface area contributed by atoms with Gasteiger partial charge in [0, 0.05) is 43.8 Å². The predicted octanol–water partition coefficient (Wildman–Crippen LogP) is 3.36. The van der Waals surface area contributed by atoms with E-state index in [1.54, 1.807) is 19.2 Å². The molecule has 0 aliphatic heterocycles. The van der Waals surface area contributed by atoms with Crippen LogP contribution in [-0.4, -0.2) is 56.1 Å². The molecule has 0 aliphatic rings. The summed E-state index contributed by atoms with van der Waals surface area (Å²) in [6.45, 7) is 5.93. The zero-order valence-electron chi connectivity index (χ0n) is 15.9. The van der Waals surface area contributed by atoms with Crippen LogP contribution >= 0.6 is 24.0 Å². The molecular formula is C19H31FIN5. The molecule has 0 saturated heterocycles. The summed E-state index contributed by atoms with van der Waals surface area (Å²) in [5.74, 6) is 0.598. The SMILES string of the molecule is CCCCN(C)CCNC(=NC)NCCc1c[nH]c2ccc(F)cc12.I. The fourth-order valence-corrected chi connectivity index (χ4v) is 2.80. The number of likely N-dealkylation sites (N-methyl/N-ethyl adjacent to an activating group) is 1. The maximum absolute atomic E-state index is 13.4. The highest BCUT2D eigenvalue weighted by Gasteiger charge is 2.05. The number of rotatable bonds is 9. The molecule has 0 bridgehead atoms. The Morgan fingerprint density at radius 2 is 2.00 bits per heavy atom. The molecule has 5 nitrogen and oxygen atoms in total. The number of aromatic nitrogens is 1. The van der Waals surface area contributed by atoms with Gasteiger partial charge in [-0.05, 0) is 50.2 Å². The minimum Gasteiger partial charge on any atom is -0.361 e. The standard InChI is InChI=1S/C19H30FN5.HI/c1-4-5-11-25(3)12-10-23-19(21-2)22-9-8-15-14-24-18-7-6-16(20)13-17(15)18;/h6-7,13-14,24H,4-5,8-12H2,1-3H3,(H2,21,22,23);1H. The first kappa shape index (κ1) is 22.7. The van der Waals surface area contributed by atoms with E-state index in [-0.39, 0.29) is 29.8 Å². The molecule has 2 aromatic rings. The maximum Gasteiger partial charge on any atom is 0.191 e. The van der Waals surface area contributed by atoms with Gasteiger partial charge in [-0.15, -0.1) is 24.0 Å². The number of H-pyrrole nitrogens is 1. The highest BCUT2D eigenvalue weighted by molar-refractivity contribution is 14.0. The average molecular weight is 475 g/mol. The molecule has 146 valence electrons. The summed E-state index contributed by atoms with van der Waals surface area (Å²) < 4.78 is 13.4. The van der Waals surface area contributed by atoms with E-state index >= 15 is 0 Å². The van der Waals surface area contributed by atoms with Gasteiger partial charge < -0.3 is 20.5 Å². The van der Waals surface area contributed by atoms with Crippen molar-refractivity contribution in [3.63, 3.8) is 0 Å². The van der Waals surface area contributed by atoms with E-state index in [1.165, 1.54) is 18.9 Å². The highest BCUT2D eigenvalue weighted by atomic mass is 127. The molecule has 7 heteroatoms. The molecule has 0 amide bonds. The molecule has 0 saturated carbocycles. The van der Waals surface area contributed by atoms with E-state index in [2.05, 4.69) is 39.5 Å². The van der Waals surface area contributed by atoms with E-state index in [4.69, 9.17) is 0 Å². The zero-order valence-corrected chi connectivity index (χ0v) is 18.3. The molecule has 2 rings (SSSR count). The van der Waals surface area contributed by atoms with E-state index in [0.717, 1.165) is 55.0 Å². The molecule has 0 fully saturated rings. The number of aliphatic imine (C=N–C) groups is 1. The van der Waals surface area contributed by atoms with Gasteiger partial charge in [0.05, 0.1) is 0 Å². The summed E-state index contributed by atoms with van der Waals surface area (Å²) in [6, 6.07) is 4.83. The summed E-state index contributed by atoms with van der Waals surface area (Å²) in [6.07, 6.45) is 5.21. The molecule has 0 aliphatic carbocycles. The summed E-state index contributed by atoms with van der Waals surface area (Å²) in [4.78, 5) is 9.76. The van der Waals surface area contributed by atoms with Crippen molar-refractivity contribution in [1.29, 1.82) is 0 Å². The first-order chi connectivity index (χ1) is 12.1. The molecule has 0 radical (unpaired) electrons. The van der Waals surface area contributed by atoms with Gasteiger partial charge in [0.1, 0.15) is 5.82 Å². The third-order valence-corrected chi connectivity index (χ3v) is 4.32. The third-order valence-electron chi connectivity index (χ3n) is 4.32. The van der Waals surface area contributed by atoms with Crippen molar-refractivity contribution >= 4 is 40.8 Å². The van der Waals surface area contributed by atoms with Crippen molar-refractivity contribution < 1.29 is 4.39 Å². The van der Waals surface area contributed by atoms with Gasteiger partial charge in [-0.3, -0.25) is 4.99 Å². The number of fused-ring (bicyclic) bond motifs is 1. The minimum atomic E-state index is -0.203. The lowest BCUT2D eigenvalue weighted by atomic mass is 10.1. The lowest BCUT2D eigenvalue weighted by molar-refractivity contribution is 0.332. The first-order valence-corrected chi connectivity index (χ1v) is 9.02. The van der Waals surface area contributed by atoms with Crippen LogP contribution in [0.3, 0.4) is 0 Å². The van der Waals surface area contributed by atoms with Crippen LogP contribution in [0.1, 0.15) is 25.3 Å². The number of aromatic amines is 1. The monoisotopic (exact) mass is 475 g/mol. The Labute approximate surface area is 172 Å². The number of guanidine groups is 1. The number of hydrogen-bond acceptors (Lipinski definition) is 2. The van der Waals surface area contributed by atoms with Crippen LogP contribution in [0.2, 0.25) is 0 Å². The number of halogens is 2. The third kappa shape index (κ3) is 7.11. The number of nitrogens with one attached hydrogen (secondary N) is 3. The number of nitrogens with zero attached hydrogens (tertiary/aromatic N) is 2. The van der Waals surface area contributed by atoms with Crippen molar-refractivity contribution in [3.05, 3.63) is 35.8 Å². The Bertz CT molecular complexity index is 686.